The van der Waals surface area contributed by atoms with Gasteiger partial charge in [0.1, 0.15) is 41.7 Å². The Morgan fingerprint density at radius 2 is 1.73 bits per heavy atom. The summed E-state index contributed by atoms with van der Waals surface area (Å²) in [5.74, 6) is -3.41. The Hall–Kier alpha value is -4.67. The molecule has 2 bridgehead atoms. The molecule has 1 aromatic heterocycles. The van der Waals surface area contributed by atoms with Crippen LogP contribution < -0.4 is 5.32 Å². The van der Waals surface area contributed by atoms with E-state index in [2.05, 4.69) is 16.9 Å². The van der Waals surface area contributed by atoms with Crippen LogP contribution in [0.1, 0.15) is 96.7 Å². The number of carbonyl (C=O) groups is 4. The third-order valence-corrected chi connectivity index (χ3v) is 13.2. The maximum Gasteiger partial charge on any atom is 0.408 e. The van der Waals surface area contributed by atoms with Gasteiger partial charge in [-0.3, -0.25) is 9.78 Å². The highest BCUT2D eigenvalue weighted by Gasteiger charge is 2.77. The number of esters is 3. The molecule has 0 unspecified atom stereocenters. The highest BCUT2D eigenvalue weighted by molar-refractivity contribution is 5.89. The third kappa shape index (κ3) is 7.31. The lowest BCUT2D eigenvalue weighted by molar-refractivity contribution is -0.345. The van der Waals surface area contributed by atoms with Crippen molar-refractivity contribution in [3.05, 3.63) is 89.8 Å². The maximum absolute atomic E-state index is 14.3. The number of pyridine rings is 1. The van der Waals surface area contributed by atoms with Crippen LogP contribution in [0.4, 0.5) is 4.79 Å². The molecule has 2 aliphatic heterocycles. The van der Waals surface area contributed by atoms with Gasteiger partial charge >= 0.3 is 24.0 Å². The highest BCUT2D eigenvalue weighted by atomic mass is 16.7. The minimum Gasteiger partial charge on any atom is -0.456 e. The molecule has 0 radical (unpaired) electrons. The standard InChI is InChI=1S/C45H56N2O13/c1-10-30-56-34-31-24(2)28(55-39(51)33(49)32(27-18-14-15-21-46-27)47-40(52)60-41(4,5)6)22-45(53,42(31,7)8)37(58-38(50)26-16-12-11-13-17-26)35-43(9,36(34)57-30)20-19-29-44(35,23-54-29)59-25(3)48/h10-18,21,28-30,32-37,49,53H,1,19-20,22-23H2,2-9H3,(H,47,52)/t28-,29+,30+,32-,33+,34+,35-,36+,37-,43+,44-,45+/m0/s1. The van der Waals surface area contributed by atoms with Crippen LogP contribution in [-0.4, -0.2) is 106 Å². The topological polar surface area (TPSA) is 198 Å². The van der Waals surface area contributed by atoms with E-state index in [1.807, 2.05) is 20.8 Å². The molecule has 3 N–H and O–H groups in total. The predicted octanol–water partition coefficient (Wildman–Crippen LogP) is 5.05. The minimum absolute atomic E-state index is 0.0393. The van der Waals surface area contributed by atoms with E-state index in [0.717, 1.165) is 0 Å². The number of ether oxygens (including phenoxy) is 7. The molecule has 12 atom stereocenters. The second-order valence-corrected chi connectivity index (χ2v) is 18.4. The average molecular weight is 833 g/mol. The third-order valence-electron chi connectivity index (χ3n) is 13.2. The van der Waals surface area contributed by atoms with E-state index in [1.54, 1.807) is 70.2 Å². The number of nitrogens with zero attached hydrogens (tertiary/aromatic N) is 1. The van der Waals surface area contributed by atoms with Gasteiger partial charge < -0.3 is 48.7 Å². The Bertz CT molecular complexity index is 2030. The van der Waals surface area contributed by atoms with Crippen LogP contribution in [-0.2, 0) is 42.7 Å². The Labute approximate surface area is 349 Å². The fourth-order valence-corrected chi connectivity index (χ4v) is 10.4. The van der Waals surface area contributed by atoms with E-state index in [0.29, 0.717) is 24.0 Å². The van der Waals surface area contributed by atoms with Crippen molar-refractivity contribution in [2.45, 2.75) is 140 Å². The molecule has 15 heteroatoms. The van der Waals surface area contributed by atoms with Crippen LogP contribution in [0, 0.1) is 16.7 Å². The lowest BCUT2D eigenvalue weighted by Crippen LogP contribution is -2.79. The summed E-state index contributed by atoms with van der Waals surface area (Å²) in [5, 5.41) is 28.0. The first-order valence-electron chi connectivity index (χ1n) is 20.4. The van der Waals surface area contributed by atoms with Gasteiger partial charge in [0.05, 0.1) is 29.9 Å². The number of alkyl carbamates (subject to hydrolysis) is 1. The SMILES string of the molecule is C=C[C@@H]1O[C@@H]2C3=C(C)[C@@H](OC(=O)[C@H](O)[C@@H](NC(=O)OC(C)(C)C)c4ccccn4)C[C@@](O)([C@@H](OC(=O)c4ccccc4)[C@H]4[C@@](C)(CC[C@H]5OC[C@]54OC(C)=O)[C@@H]2O1)C3(C)C. The second kappa shape index (κ2) is 15.7. The predicted molar refractivity (Wildman–Crippen MR) is 213 cm³/mol. The summed E-state index contributed by atoms with van der Waals surface area (Å²) >= 11 is 0. The summed E-state index contributed by atoms with van der Waals surface area (Å²) in [6.45, 7) is 17.6. The first kappa shape index (κ1) is 43.4. The summed E-state index contributed by atoms with van der Waals surface area (Å²) in [4.78, 5) is 59.0. The quantitative estimate of drug-likeness (QED) is 0.172. The fourth-order valence-electron chi connectivity index (χ4n) is 10.4. The molecular formula is C45H56N2O13. The number of aliphatic hydroxyl groups is 2. The van der Waals surface area contributed by atoms with Gasteiger partial charge in [0.25, 0.3) is 0 Å². The van der Waals surface area contributed by atoms with Gasteiger partial charge in [0, 0.05) is 30.4 Å². The van der Waals surface area contributed by atoms with Gasteiger partial charge in [0.15, 0.2) is 18.0 Å². The van der Waals surface area contributed by atoms with Crippen molar-refractivity contribution in [1.82, 2.24) is 10.3 Å². The molecule has 4 fully saturated rings. The fraction of sp³-hybridized carbons (Fsp3) is 0.578. The zero-order chi connectivity index (χ0) is 43.6. The number of amides is 1. The van der Waals surface area contributed by atoms with E-state index in [4.69, 9.17) is 33.2 Å². The Balaban J connectivity index is 1.37. The Morgan fingerprint density at radius 1 is 1.03 bits per heavy atom. The number of nitrogens with one attached hydrogen (secondary N) is 1. The number of hydrogen-bond donors (Lipinski definition) is 3. The number of hydrogen-bond acceptors (Lipinski definition) is 14. The Morgan fingerprint density at radius 3 is 2.33 bits per heavy atom. The molecule has 0 spiro atoms. The van der Waals surface area contributed by atoms with E-state index >= 15 is 0 Å². The molecule has 15 nitrogen and oxygen atoms in total. The smallest absolute Gasteiger partial charge is 0.408 e. The molecule has 2 aromatic rings. The van der Waals surface area contributed by atoms with Crippen molar-refractivity contribution in [1.29, 1.82) is 0 Å². The summed E-state index contributed by atoms with van der Waals surface area (Å²) in [5.41, 5.74) is -5.18. The van der Waals surface area contributed by atoms with E-state index in [9.17, 15) is 29.4 Å². The minimum atomic E-state index is -2.07. The molecule has 1 amide bonds. The first-order valence-corrected chi connectivity index (χ1v) is 20.4. The normalized spacial score (nSPS) is 35.0. The average Bonchev–Trinajstić information content (AvgIpc) is 3.61. The zero-order valence-electron chi connectivity index (χ0n) is 35.3. The molecule has 2 saturated heterocycles. The molecular weight excluding hydrogens is 776 g/mol. The zero-order valence-corrected chi connectivity index (χ0v) is 35.3. The summed E-state index contributed by atoms with van der Waals surface area (Å²) in [6, 6.07) is 11.8. The summed E-state index contributed by atoms with van der Waals surface area (Å²) in [7, 11) is 0. The number of aromatic nitrogens is 1. The van der Waals surface area contributed by atoms with Gasteiger partial charge in [-0.05, 0) is 82.0 Å². The number of rotatable bonds is 9. The first-order chi connectivity index (χ1) is 28.2. The molecule has 2 saturated carbocycles. The number of benzene rings is 1. The molecule has 1 aromatic carbocycles. The summed E-state index contributed by atoms with van der Waals surface area (Å²) in [6.07, 6.45) is -5.15. The number of aliphatic hydroxyl groups excluding tert-OH is 1. The van der Waals surface area contributed by atoms with Crippen molar-refractivity contribution in [3.8, 4) is 0 Å². The van der Waals surface area contributed by atoms with Gasteiger partial charge in [-0.1, -0.05) is 51.6 Å². The molecule has 5 aliphatic rings. The van der Waals surface area contributed by atoms with Gasteiger partial charge in [0.2, 0.25) is 0 Å². The van der Waals surface area contributed by atoms with Crippen LogP contribution >= 0.6 is 0 Å². The van der Waals surface area contributed by atoms with Crippen molar-refractivity contribution in [3.63, 3.8) is 0 Å². The molecule has 60 heavy (non-hydrogen) atoms. The summed E-state index contributed by atoms with van der Waals surface area (Å²) < 4.78 is 44.0. The van der Waals surface area contributed by atoms with Crippen LogP contribution in [0.25, 0.3) is 0 Å². The van der Waals surface area contributed by atoms with E-state index < -0.39 is 107 Å². The maximum atomic E-state index is 14.3. The van der Waals surface area contributed by atoms with Crippen molar-refractivity contribution >= 4 is 24.0 Å². The largest absolute Gasteiger partial charge is 0.456 e. The van der Waals surface area contributed by atoms with Gasteiger partial charge in [-0.2, -0.15) is 0 Å². The van der Waals surface area contributed by atoms with Gasteiger partial charge in [-0.15, -0.1) is 0 Å². The van der Waals surface area contributed by atoms with Crippen LogP contribution in [0.15, 0.2) is 78.5 Å². The van der Waals surface area contributed by atoms with Gasteiger partial charge in [-0.25, -0.2) is 14.4 Å². The molecule has 3 heterocycles. The molecule has 324 valence electrons. The van der Waals surface area contributed by atoms with Crippen molar-refractivity contribution in [2.24, 2.45) is 16.7 Å². The van der Waals surface area contributed by atoms with E-state index in [-0.39, 0.29) is 24.3 Å². The highest BCUT2D eigenvalue weighted by Crippen LogP contribution is 2.66. The van der Waals surface area contributed by atoms with E-state index in [1.165, 1.54) is 25.3 Å². The lowest BCUT2D eigenvalue weighted by atomic mass is 9.45. The second-order valence-electron chi connectivity index (χ2n) is 18.4. The Kier molecular flexibility index (Phi) is 11.3. The van der Waals surface area contributed by atoms with Crippen molar-refractivity contribution in [2.75, 3.05) is 6.61 Å². The number of carbonyl (C=O) groups excluding carboxylic acids is 4. The van der Waals surface area contributed by atoms with Crippen LogP contribution in [0.5, 0.6) is 0 Å². The lowest BCUT2D eigenvalue weighted by Gasteiger charge is -2.68. The molecule has 7 rings (SSSR count). The van der Waals surface area contributed by atoms with Crippen LogP contribution in [0.3, 0.4) is 0 Å². The number of fused-ring (bicyclic) bond motifs is 8. The van der Waals surface area contributed by atoms with Crippen molar-refractivity contribution < 1.29 is 62.5 Å². The monoisotopic (exact) mass is 832 g/mol. The van der Waals surface area contributed by atoms with Crippen LogP contribution in [0.2, 0.25) is 0 Å². The molecule has 3 aliphatic carbocycles.